The monoisotopic (exact) mass is 363 g/mol. The molecule has 3 rings (SSSR count). The molecule has 2 saturated heterocycles. The van der Waals surface area contributed by atoms with Gasteiger partial charge in [-0.1, -0.05) is 0 Å². The highest BCUT2D eigenvalue weighted by Crippen LogP contribution is 2.30. The summed E-state index contributed by atoms with van der Waals surface area (Å²) < 4.78 is 0. The minimum Gasteiger partial charge on any atom is -0.396 e. The fourth-order valence-corrected chi connectivity index (χ4v) is 4.10. The molecule has 2 aliphatic rings. The molecule has 0 saturated carbocycles. The van der Waals surface area contributed by atoms with Crippen LogP contribution in [-0.4, -0.2) is 84.6 Å². The Bertz CT molecular complexity index is 565. The molecule has 0 aromatic carbocycles. The van der Waals surface area contributed by atoms with Gasteiger partial charge in [-0.25, -0.2) is 9.97 Å². The molecule has 0 unspecified atom stereocenters. The lowest BCUT2D eigenvalue weighted by Gasteiger charge is -2.33. The number of aromatic nitrogens is 2. The highest BCUT2D eigenvalue weighted by Gasteiger charge is 2.35. The Labute approximate surface area is 156 Å². The summed E-state index contributed by atoms with van der Waals surface area (Å²) in [4.78, 5) is 15.7. The van der Waals surface area contributed by atoms with Crippen LogP contribution >= 0.6 is 0 Å². The largest absolute Gasteiger partial charge is 0.396 e. The van der Waals surface area contributed by atoms with E-state index in [1.165, 1.54) is 0 Å². The molecule has 1 aromatic heterocycles. The summed E-state index contributed by atoms with van der Waals surface area (Å²) in [7, 11) is 2.03. The second kappa shape index (κ2) is 8.97. The molecule has 0 spiro atoms. The molecule has 0 aliphatic carbocycles. The van der Waals surface area contributed by atoms with Gasteiger partial charge in [-0.15, -0.1) is 0 Å². The van der Waals surface area contributed by atoms with E-state index in [-0.39, 0.29) is 12.5 Å². The number of aliphatic hydroxyl groups is 2. The Morgan fingerprint density at radius 1 is 1.12 bits per heavy atom. The van der Waals surface area contributed by atoms with Crippen molar-refractivity contribution in [2.45, 2.75) is 19.8 Å². The Balaban J connectivity index is 1.62. The van der Waals surface area contributed by atoms with Crippen molar-refractivity contribution in [1.82, 2.24) is 14.9 Å². The van der Waals surface area contributed by atoms with Gasteiger partial charge in [-0.3, -0.25) is 0 Å². The standard InChI is InChI=1S/C19H33N5O2/c1-3-22(2)18-8-19(21-14-20-18)24-10-16(17(11-24)13-26)9-23-6-4-15(12-25)5-7-23/h8,14-17,25-26H,3-7,9-13H2,1-2H3/t16-,17-/m1/s1. The lowest BCUT2D eigenvalue weighted by Crippen LogP contribution is -2.40. The molecule has 2 atom stereocenters. The number of anilines is 2. The fourth-order valence-electron chi connectivity index (χ4n) is 4.10. The van der Waals surface area contributed by atoms with Gasteiger partial charge in [-0.05, 0) is 44.7 Å². The van der Waals surface area contributed by atoms with Gasteiger partial charge in [0, 0.05) is 58.4 Å². The number of hydrogen-bond acceptors (Lipinski definition) is 7. The summed E-state index contributed by atoms with van der Waals surface area (Å²) in [6.45, 7) is 8.45. The molecule has 2 aliphatic heterocycles. The van der Waals surface area contributed by atoms with Crippen LogP contribution in [0, 0.1) is 17.8 Å². The first kappa shape index (κ1) is 19.3. The molecule has 2 fully saturated rings. The smallest absolute Gasteiger partial charge is 0.134 e. The quantitative estimate of drug-likeness (QED) is 0.738. The van der Waals surface area contributed by atoms with E-state index in [0.717, 1.165) is 63.7 Å². The van der Waals surface area contributed by atoms with E-state index < -0.39 is 0 Å². The Morgan fingerprint density at radius 2 is 1.85 bits per heavy atom. The van der Waals surface area contributed by atoms with Crippen LogP contribution in [0.15, 0.2) is 12.4 Å². The van der Waals surface area contributed by atoms with Crippen molar-refractivity contribution in [3.05, 3.63) is 12.4 Å². The minimum atomic E-state index is 0.223. The van der Waals surface area contributed by atoms with E-state index in [2.05, 4.69) is 31.6 Å². The van der Waals surface area contributed by atoms with Crippen molar-refractivity contribution in [3.8, 4) is 0 Å². The molecule has 1 aromatic rings. The van der Waals surface area contributed by atoms with Gasteiger partial charge in [0.25, 0.3) is 0 Å². The molecule has 7 nitrogen and oxygen atoms in total. The van der Waals surface area contributed by atoms with Crippen LogP contribution in [0.1, 0.15) is 19.8 Å². The average Bonchev–Trinajstić information content (AvgIpc) is 3.11. The molecule has 0 bridgehead atoms. The number of hydrogen-bond donors (Lipinski definition) is 2. The number of piperidine rings is 1. The summed E-state index contributed by atoms with van der Waals surface area (Å²) in [5.74, 6) is 3.10. The normalized spacial score (nSPS) is 25.0. The summed E-state index contributed by atoms with van der Waals surface area (Å²) in [6.07, 6.45) is 3.79. The third kappa shape index (κ3) is 4.45. The Morgan fingerprint density at radius 3 is 2.50 bits per heavy atom. The molecule has 2 N–H and O–H groups in total. The van der Waals surface area contributed by atoms with Crippen molar-refractivity contribution >= 4 is 11.6 Å². The molecule has 26 heavy (non-hydrogen) atoms. The highest BCUT2D eigenvalue weighted by molar-refractivity contribution is 5.50. The van der Waals surface area contributed by atoms with Crippen LogP contribution < -0.4 is 9.80 Å². The fraction of sp³-hybridized carbons (Fsp3) is 0.789. The SMILES string of the molecule is CCN(C)c1cc(N2C[C@@H](CN3CCC(CO)CC3)[C@@H](CO)C2)ncn1. The van der Waals surface area contributed by atoms with Gasteiger partial charge in [0.1, 0.15) is 18.0 Å². The Hall–Kier alpha value is -1.44. The van der Waals surface area contributed by atoms with Crippen LogP contribution in [0.4, 0.5) is 11.6 Å². The van der Waals surface area contributed by atoms with Gasteiger partial charge in [0.05, 0.1) is 0 Å². The lowest BCUT2D eigenvalue weighted by atomic mass is 9.93. The zero-order chi connectivity index (χ0) is 18.5. The number of likely N-dealkylation sites (tertiary alicyclic amines) is 1. The van der Waals surface area contributed by atoms with Crippen LogP contribution in [0.2, 0.25) is 0 Å². The molecule has 0 amide bonds. The van der Waals surface area contributed by atoms with Gasteiger partial charge in [0.15, 0.2) is 0 Å². The zero-order valence-corrected chi connectivity index (χ0v) is 16.1. The number of aliphatic hydroxyl groups excluding tert-OH is 2. The third-order valence-corrected chi connectivity index (χ3v) is 6.10. The molecular weight excluding hydrogens is 330 g/mol. The molecule has 0 radical (unpaired) electrons. The van der Waals surface area contributed by atoms with Crippen LogP contribution in [0.3, 0.4) is 0 Å². The Kier molecular flexibility index (Phi) is 6.67. The van der Waals surface area contributed by atoms with Gasteiger partial charge in [0.2, 0.25) is 0 Å². The van der Waals surface area contributed by atoms with Gasteiger partial charge < -0.3 is 24.9 Å². The van der Waals surface area contributed by atoms with Crippen molar-refractivity contribution in [2.75, 3.05) is 69.3 Å². The molecule has 146 valence electrons. The highest BCUT2D eigenvalue weighted by atomic mass is 16.3. The maximum absolute atomic E-state index is 9.87. The maximum Gasteiger partial charge on any atom is 0.134 e. The second-order valence-corrected chi connectivity index (χ2v) is 7.78. The van der Waals surface area contributed by atoms with Crippen LogP contribution in [0.5, 0.6) is 0 Å². The summed E-state index contributed by atoms with van der Waals surface area (Å²) in [5.41, 5.74) is 0. The summed E-state index contributed by atoms with van der Waals surface area (Å²) in [5, 5.41) is 19.2. The van der Waals surface area contributed by atoms with Crippen LogP contribution in [-0.2, 0) is 0 Å². The van der Waals surface area contributed by atoms with E-state index in [1.807, 2.05) is 13.1 Å². The number of nitrogens with zero attached hydrogens (tertiary/aromatic N) is 5. The zero-order valence-electron chi connectivity index (χ0n) is 16.1. The minimum absolute atomic E-state index is 0.223. The average molecular weight is 364 g/mol. The van der Waals surface area contributed by atoms with E-state index in [9.17, 15) is 10.2 Å². The first-order chi connectivity index (χ1) is 12.6. The number of rotatable bonds is 7. The first-order valence-electron chi connectivity index (χ1n) is 9.86. The van der Waals surface area contributed by atoms with Crippen molar-refractivity contribution in [3.63, 3.8) is 0 Å². The van der Waals surface area contributed by atoms with E-state index >= 15 is 0 Å². The van der Waals surface area contributed by atoms with Crippen molar-refractivity contribution < 1.29 is 10.2 Å². The molecule has 7 heteroatoms. The topological polar surface area (TPSA) is 76.0 Å². The van der Waals surface area contributed by atoms with Crippen molar-refractivity contribution in [1.29, 1.82) is 0 Å². The van der Waals surface area contributed by atoms with E-state index in [4.69, 9.17) is 0 Å². The second-order valence-electron chi connectivity index (χ2n) is 7.78. The van der Waals surface area contributed by atoms with Gasteiger partial charge >= 0.3 is 0 Å². The van der Waals surface area contributed by atoms with E-state index in [0.29, 0.717) is 18.4 Å². The molecular formula is C19H33N5O2. The van der Waals surface area contributed by atoms with Crippen molar-refractivity contribution in [2.24, 2.45) is 17.8 Å². The molecule has 3 heterocycles. The van der Waals surface area contributed by atoms with Crippen LogP contribution in [0.25, 0.3) is 0 Å². The predicted molar refractivity (Wildman–Crippen MR) is 104 cm³/mol. The maximum atomic E-state index is 9.87. The third-order valence-electron chi connectivity index (χ3n) is 6.10. The van der Waals surface area contributed by atoms with Gasteiger partial charge in [-0.2, -0.15) is 0 Å². The summed E-state index contributed by atoms with van der Waals surface area (Å²) >= 11 is 0. The first-order valence-corrected chi connectivity index (χ1v) is 9.86. The van der Waals surface area contributed by atoms with E-state index in [1.54, 1.807) is 6.33 Å². The predicted octanol–water partition coefficient (Wildman–Crippen LogP) is 0.682. The summed E-state index contributed by atoms with van der Waals surface area (Å²) in [6, 6.07) is 2.05. The lowest BCUT2D eigenvalue weighted by molar-refractivity contribution is 0.106.